The quantitative estimate of drug-likeness (QED) is 0.447. The molecule has 0 radical (unpaired) electrons. The number of hydrogen-bond donors (Lipinski definition) is 4. The number of anilines is 1. The lowest BCUT2D eigenvalue weighted by molar-refractivity contribution is -0.126. The van der Waals surface area contributed by atoms with Gasteiger partial charge in [0.15, 0.2) is 5.11 Å². The molecule has 4 N–H and O–H groups in total. The Labute approximate surface area is 165 Å². The van der Waals surface area contributed by atoms with Crippen LogP contribution in [-0.2, 0) is 9.53 Å². The van der Waals surface area contributed by atoms with Crippen molar-refractivity contribution in [3.8, 4) is 0 Å². The van der Waals surface area contributed by atoms with Gasteiger partial charge in [0.05, 0.1) is 12.5 Å². The fourth-order valence-electron chi connectivity index (χ4n) is 2.87. The molecule has 1 saturated heterocycles. The van der Waals surface area contributed by atoms with E-state index in [-0.39, 0.29) is 23.9 Å². The van der Waals surface area contributed by atoms with Crippen molar-refractivity contribution in [1.29, 1.82) is 0 Å². The van der Waals surface area contributed by atoms with Crippen molar-refractivity contribution in [3.05, 3.63) is 30.3 Å². The van der Waals surface area contributed by atoms with Crippen molar-refractivity contribution in [2.24, 2.45) is 5.92 Å². The van der Waals surface area contributed by atoms with Crippen molar-refractivity contribution < 1.29 is 14.3 Å². The number of rotatable bonds is 5. The summed E-state index contributed by atoms with van der Waals surface area (Å²) in [5, 5.41) is 6.17. The summed E-state index contributed by atoms with van der Waals surface area (Å²) in [6, 6.07) is 9.09. The van der Waals surface area contributed by atoms with Crippen molar-refractivity contribution in [2.45, 2.75) is 25.8 Å². The van der Waals surface area contributed by atoms with Crippen LogP contribution in [0.2, 0.25) is 0 Å². The number of thiocarbonyl (C=S) groups is 1. The Morgan fingerprint density at radius 2 is 2.04 bits per heavy atom. The normalized spacial score (nSPS) is 17.6. The van der Waals surface area contributed by atoms with E-state index in [1.165, 1.54) is 0 Å². The van der Waals surface area contributed by atoms with Gasteiger partial charge in [-0.3, -0.25) is 15.6 Å². The molecule has 1 fully saturated rings. The van der Waals surface area contributed by atoms with Crippen LogP contribution in [0.4, 0.5) is 10.5 Å². The smallest absolute Gasteiger partial charge is 0.321 e. The monoisotopic (exact) mass is 393 g/mol. The highest BCUT2D eigenvalue weighted by molar-refractivity contribution is 7.80. The minimum absolute atomic E-state index is 0.0266. The third kappa shape index (κ3) is 7.03. The molecule has 1 aromatic carbocycles. The highest BCUT2D eigenvalue weighted by Gasteiger charge is 2.28. The molecule has 0 aromatic heterocycles. The largest absolute Gasteiger partial charge is 0.383 e. The van der Waals surface area contributed by atoms with Crippen molar-refractivity contribution in [3.63, 3.8) is 0 Å². The molecule has 1 heterocycles. The first kappa shape index (κ1) is 20.9. The number of hydrogen-bond acceptors (Lipinski definition) is 4. The van der Waals surface area contributed by atoms with E-state index in [1.807, 2.05) is 37.3 Å². The van der Waals surface area contributed by atoms with Crippen molar-refractivity contribution in [2.75, 3.05) is 32.1 Å². The van der Waals surface area contributed by atoms with Gasteiger partial charge < -0.3 is 20.3 Å². The van der Waals surface area contributed by atoms with Gasteiger partial charge in [-0.2, -0.15) is 0 Å². The first-order chi connectivity index (χ1) is 13.0. The number of amides is 3. The summed E-state index contributed by atoms with van der Waals surface area (Å²) >= 11 is 5.13. The number of carbonyl (C=O) groups excluding carboxylic acids is 2. The van der Waals surface area contributed by atoms with E-state index in [9.17, 15) is 9.59 Å². The number of para-hydroxylation sites is 1. The number of hydrazine groups is 1. The molecule has 0 spiro atoms. The molecule has 0 saturated carbocycles. The standard InChI is InChI=1S/C18H27N5O3S/c1-13(12-26-2)19-17(27)22-21-16(24)14-7-6-10-23(11-14)18(25)20-15-8-4-3-5-9-15/h3-5,8-9,13-14H,6-7,10-12H2,1-2H3,(H,20,25)(H,21,24)(H2,19,22,27)/t13-,14+/m0/s1. The molecule has 1 aliphatic rings. The number of benzene rings is 1. The topological polar surface area (TPSA) is 94.7 Å². The molecule has 2 atom stereocenters. The highest BCUT2D eigenvalue weighted by Crippen LogP contribution is 2.18. The summed E-state index contributed by atoms with van der Waals surface area (Å²) in [6.45, 7) is 3.42. The third-order valence-electron chi connectivity index (χ3n) is 4.20. The van der Waals surface area contributed by atoms with Gasteiger partial charge in [0, 0.05) is 31.9 Å². The van der Waals surface area contributed by atoms with E-state index in [1.54, 1.807) is 12.0 Å². The maximum Gasteiger partial charge on any atom is 0.321 e. The molecule has 2 rings (SSSR count). The van der Waals surface area contributed by atoms with Crippen LogP contribution in [0.5, 0.6) is 0 Å². The van der Waals surface area contributed by atoms with Gasteiger partial charge in [0.2, 0.25) is 5.91 Å². The molecule has 3 amide bonds. The molecule has 0 bridgehead atoms. The molecular formula is C18H27N5O3S. The van der Waals surface area contributed by atoms with Gasteiger partial charge >= 0.3 is 6.03 Å². The molecule has 9 heteroatoms. The number of ether oxygens (including phenoxy) is 1. The van der Waals surface area contributed by atoms with Crippen LogP contribution < -0.4 is 21.5 Å². The van der Waals surface area contributed by atoms with E-state index in [0.29, 0.717) is 24.8 Å². The highest BCUT2D eigenvalue weighted by atomic mass is 32.1. The number of methoxy groups -OCH3 is 1. The van der Waals surface area contributed by atoms with Crippen LogP contribution in [0.3, 0.4) is 0 Å². The zero-order chi connectivity index (χ0) is 19.6. The van der Waals surface area contributed by atoms with E-state index < -0.39 is 0 Å². The molecule has 8 nitrogen and oxygen atoms in total. The van der Waals surface area contributed by atoms with Crippen LogP contribution in [0.15, 0.2) is 30.3 Å². The lowest BCUT2D eigenvalue weighted by atomic mass is 9.98. The Morgan fingerprint density at radius 1 is 1.30 bits per heavy atom. The molecule has 148 valence electrons. The third-order valence-corrected chi connectivity index (χ3v) is 4.42. The van der Waals surface area contributed by atoms with Crippen molar-refractivity contribution in [1.82, 2.24) is 21.1 Å². The van der Waals surface area contributed by atoms with Crippen molar-refractivity contribution >= 4 is 35.0 Å². The maximum absolute atomic E-state index is 12.4. The van der Waals surface area contributed by atoms with Gasteiger partial charge in [0.1, 0.15) is 0 Å². The fourth-order valence-corrected chi connectivity index (χ4v) is 3.12. The summed E-state index contributed by atoms with van der Waals surface area (Å²) in [5.74, 6) is -0.470. The predicted molar refractivity (Wildman–Crippen MR) is 108 cm³/mol. The maximum atomic E-state index is 12.4. The van der Waals surface area contributed by atoms with E-state index in [2.05, 4.69) is 21.5 Å². The first-order valence-electron chi connectivity index (χ1n) is 8.96. The van der Waals surface area contributed by atoms with Gasteiger partial charge in [-0.15, -0.1) is 0 Å². The number of urea groups is 1. The fraction of sp³-hybridized carbons (Fsp3) is 0.500. The van der Waals surface area contributed by atoms with Crippen LogP contribution in [0.25, 0.3) is 0 Å². The zero-order valence-electron chi connectivity index (χ0n) is 15.7. The summed E-state index contributed by atoms with van der Waals surface area (Å²) in [7, 11) is 1.61. The van der Waals surface area contributed by atoms with Gasteiger partial charge in [-0.25, -0.2) is 4.79 Å². The minimum Gasteiger partial charge on any atom is -0.383 e. The lowest BCUT2D eigenvalue weighted by Crippen LogP contribution is -2.53. The molecular weight excluding hydrogens is 366 g/mol. The Hall–Kier alpha value is -2.39. The molecule has 1 aliphatic heterocycles. The van der Waals surface area contributed by atoms with Crippen LogP contribution in [0, 0.1) is 5.92 Å². The average Bonchev–Trinajstić information content (AvgIpc) is 2.67. The molecule has 27 heavy (non-hydrogen) atoms. The SMILES string of the molecule is COC[C@H](C)NC(=S)NNC(=O)[C@@H]1CCCN(C(=O)Nc2ccccc2)C1. The van der Waals surface area contributed by atoms with E-state index in [4.69, 9.17) is 17.0 Å². The zero-order valence-corrected chi connectivity index (χ0v) is 16.5. The molecule has 1 aromatic rings. The summed E-state index contributed by atoms with van der Waals surface area (Å²) in [4.78, 5) is 26.5. The number of nitrogens with zero attached hydrogens (tertiary/aromatic N) is 1. The minimum atomic E-state index is -0.285. The second-order valence-electron chi connectivity index (χ2n) is 6.53. The number of piperidine rings is 1. The first-order valence-corrected chi connectivity index (χ1v) is 9.36. The van der Waals surface area contributed by atoms with Crippen LogP contribution in [-0.4, -0.2) is 54.8 Å². The molecule has 0 aliphatic carbocycles. The average molecular weight is 394 g/mol. The summed E-state index contributed by atoms with van der Waals surface area (Å²) < 4.78 is 5.02. The summed E-state index contributed by atoms with van der Waals surface area (Å²) in [5.41, 5.74) is 6.05. The van der Waals surface area contributed by atoms with Crippen LogP contribution in [0.1, 0.15) is 19.8 Å². The lowest BCUT2D eigenvalue weighted by Gasteiger charge is -2.32. The predicted octanol–water partition coefficient (Wildman–Crippen LogP) is 1.46. The Kier molecular flexibility index (Phi) is 8.28. The number of nitrogens with one attached hydrogen (secondary N) is 4. The Balaban J connectivity index is 1.78. The van der Waals surface area contributed by atoms with Gasteiger partial charge in [-0.05, 0) is 44.1 Å². The summed E-state index contributed by atoms with van der Waals surface area (Å²) in [6.07, 6.45) is 1.50. The van der Waals surface area contributed by atoms with Gasteiger partial charge in [0.25, 0.3) is 0 Å². The molecule has 0 unspecified atom stereocenters. The van der Waals surface area contributed by atoms with E-state index >= 15 is 0 Å². The number of likely N-dealkylation sites (tertiary alicyclic amines) is 1. The second-order valence-corrected chi connectivity index (χ2v) is 6.93. The van der Waals surface area contributed by atoms with Gasteiger partial charge in [-0.1, -0.05) is 18.2 Å². The van der Waals surface area contributed by atoms with Crippen LogP contribution >= 0.6 is 12.2 Å². The van der Waals surface area contributed by atoms with E-state index in [0.717, 1.165) is 18.5 Å². The Morgan fingerprint density at radius 3 is 2.74 bits per heavy atom. The number of carbonyl (C=O) groups is 2. The second kappa shape index (κ2) is 10.7. The Bertz CT molecular complexity index is 643.